The molecule has 0 aromatic carbocycles. The summed E-state index contributed by atoms with van der Waals surface area (Å²) >= 11 is 0. The molecule has 4 heteroatoms. The number of hydrogen-bond donors (Lipinski definition) is 0. The molecule has 4 nitrogen and oxygen atoms in total. The molecule has 0 N–H and O–H groups in total. The third kappa shape index (κ3) is 2.38. The van der Waals surface area contributed by atoms with E-state index in [2.05, 4.69) is 4.98 Å². The van der Waals surface area contributed by atoms with Crippen LogP contribution in [-0.4, -0.2) is 17.6 Å². The van der Waals surface area contributed by atoms with Gasteiger partial charge >= 0.3 is 5.97 Å². The zero-order chi connectivity index (χ0) is 13.2. The van der Waals surface area contributed by atoms with E-state index in [1.165, 1.54) is 0 Å². The van der Waals surface area contributed by atoms with Crippen molar-refractivity contribution < 1.29 is 13.9 Å². The Bertz CT molecular complexity index is 585. The van der Waals surface area contributed by atoms with Crippen molar-refractivity contribution in [3.63, 3.8) is 0 Å². The molecule has 3 rings (SSSR count). The molecule has 0 unspecified atom stereocenters. The average molecular weight is 257 g/mol. The fraction of sp³-hybridized carbons (Fsp3) is 0.333. The van der Waals surface area contributed by atoms with E-state index in [9.17, 15) is 4.79 Å². The fourth-order valence-electron chi connectivity index (χ4n) is 2.09. The largest absolute Gasteiger partial charge is 0.463 e. The predicted octanol–water partition coefficient (Wildman–Crippen LogP) is 3.40. The summed E-state index contributed by atoms with van der Waals surface area (Å²) in [5.74, 6) is 0.814. The topological polar surface area (TPSA) is 52.3 Å². The van der Waals surface area contributed by atoms with Crippen LogP contribution in [0.2, 0.25) is 0 Å². The third-order valence-electron chi connectivity index (χ3n) is 3.16. The van der Waals surface area contributed by atoms with Gasteiger partial charge in [-0.2, -0.15) is 0 Å². The standard InChI is InChI=1S/C15H15NO3/c1-2-18-15(17)11-7-8-12(13-4-3-9-19-13)16-14(11)10-5-6-10/h3-4,7-10H,2,5-6H2,1H3. The minimum absolute atomic E-state index is 0.289. The molecule has 98 valence electrons. The highest BCUT2D eigenvalue weighted by Crippen LogP contribution is 2.41. The maximum absolute atomic E-state index is 11.9. The van der Waals surface area contributed by atoms with Crippen molar-refractivity contribution in [1.82, 2.24) is 4.98 Å². The Balaban J connectivity index is 2.00. The van der Waals surface area contributed by atoms with Gasteiger partial charge in [-0.05, 0) is 44.0 Å². The summed E-state index contributed by atoms with van der Waals surface area (Å²) in [6, 6.07) is 7.28. The maximum Gasteiger partial charge on any atom is 0.339 e. The number of rotatable bonds is 4. The van der Waals surface area contributed by atoms with Crippen molar-refractivity contribution >= 4 is 5.97 Å². The molecule has 0 aliphatic heterocycles. The highest BCUT2D eigenvalue weighted by Gasteiger charge is 2.30. The van der Waals surface area contributed by atoms with Crippen LogP contribution in [-0.2, 0) is 4.74 Å². The van der Waals surface area contributed by atoms with Crippen LogP contribution in [0.3, 0.4) is 0 Å². The van der Waals surface area contributed by atoms with Gasteiger partial charge in [-0.15, -0.1) is 0 Å². The van der Waals surface area contributed by atoms with Crippen molar-refractivity contribution in [1.29, 1.82) is 0 Å². The molecule has 2 heterocycles. The van der Waals surface area contributed by atoms with Gasteiger partial charge in [0.05, 0.1) is 24.1 Å². The Labute approximate surface area is 111 Å². The van der Waals surface area contributed by atoms with Gasteiger partial charge in [-0.1, -0.05) is 0 Å². The molecule has 0 bridgehead atoms. The smallest absolute Gasteiger partial charge is 0.339 e. The molecular weight excluding hydrogens is 242 g/mol. The van der Waals surface area contributed by atoms with Crippen LogP contribution in [0.15, 0.2) is 34.9 Å². The number of ether oxygens (including phenoxy) is 1. The summed E-state index contributed by atoms with van der Waals surface area (Å²) < 4.78 is 10.4. The highest BCUT2D eigenvalue weighted by atomic mass is 16.5. The first kappa shape index (κ1) is 12.0. The molecule has 1 aliphatic carbocycles. The number of esters is 1. The van der Waals surface area contributed by atoms with Gasteiger partial charge in [0.1, 0.15) is 5.69 Å². The van der Waals surface area contributed by atoms with Crippen LogP contribution in [0.1, 0.15) is 41.7 Å². The fourth-order valence-corrected chi connectivity index (χ4v) is 2.09. The van der Waals surface area contributed by atoms with Gasteiger partial charge in [0.2, 0.25) is 0 Å². The molecular formula is C15H15NO3. The number of nitrogens with zero attached hydrogens (tertiary/aromatic N) is 1. The second kappa shape index (κ2) is 4.88. The van der Waals surface area contributed by atoms with Crippen LogP contribution in [0.5, 0.6) is 0 Å². The first-order valence-electron chi connectivity index (χ1n) is 6.51. The highest BCUT2D eigenvalue weighted by molar-refractivity contribution is 5.91. The zero-order valence-electron chi connectivity index (χ0n) is 10.8. The quantitative estimate of drug-likeness (QED) is 0.788. The van der Waals surface area contributed by atoms with E-state index in [0.717, 1.165) is 30.0 Å². The van der Waals surface area contributed by atoms with Gasteiger partial charge in [0.15, 0.2) is 5.76 Å². The number of furan rings is 1. The zero-order valence-corrected chi connectivity index (χ0v) is 10.8. The molecule has 0 radical (unpaired) electrons. The van der Waals surface area contributed by atoms with Gasteiger partial charge < -0.3 is 9.15 Å². The van der Waals surface area contributed by atoms with Gasteiger partial charge in [0.25, 0.3) is 0 Å². The Kier molecular flexibility index (Phi) is 3.07. The summed E-state index contributed by atoms with van der Waals surface area (Å²) in [6.07, 6.45) is 3.79. The first-order valence-corrected chi connectivity index (χ1v) is 6.51. The van der Waals surface area contributed by atoms with E-state index in [0.29, 0.717) is 18.1 Å². The van der Waals surface area contributed by atoms with E-state index >= 15 is 0 Å². The molecule has 1 fully saturated rings. The minimum Gasteiger partial charge on any atom is -0.463 e. The lowest BCUT2D eigenvalue weighted by atomic mass is 10.1. The van der Waals surface area contributed by atoms with Crippen molar-refractivity contribution in [2.24, 2.45) is 0 Å². The van der Waals surface area contributed by atoms with Crippen LogP contribution in [0.4, 0.5) is 0 Å². The molecule has 2 aromatic heterocycles. The van der Waals surface area contributed by atoms with Gasteiger partial charge in [-0.25, -0.2) is 9.78 Å². The predicted molar refractivity (Wildman–Crippen MR) is 69.9 cm³/mol. The molecule has 2 aromatic rings. The summed E-state index contributed by atoms with van der Waals surface area (Å²) in [6.45, 7) is 2.18. The van der Waals surface area contributed by atoms with Crippen LogP contribution in [0, 0.1) is 0 Å². The Morgan fingerprint density at radius 2 is 2.26 bits per heavy atom. The lowest BCUT2D eigenvalue weighted by Crippen LogP contribution is -2.09. The number of aromatic nitrogens is 1. The molecule has 19 heavy (non-hydrogen) atoms. The van der Waals surface area contributed by atoms with Crippen molar-refractivity contribution in [3.05, 3.63) is 41.8 Å². The second-order valence-electron chi connectivity index (χ2n) is 4.60. The summed E-state index contributed by atoms with van der Waals surface area (Å²) in [5.41, 5.74) is 2.19. The van der Waals surface area contributed by atoms with E-state index in [1.54, 1.807) is 25.3 Å². The molecule has 0 atom stereocenters. The van der Waals surface area contributed by atoms with Crippen molar-refractivity contribution in [3.8, 4) is 11.5 Å². The summed E-state index contributed by atoms with van der Waals surface area (Å²) in [5, 5.41) is 0. The van der Waals surface area contributed by atoms with Crippen molar-refractivity contribution in [2.45, 2.75) is 25.7 Å². The van der Waals surface area contributed by atoms with Crippen LogP contribution >= 0.6 is 0 Å². The van der Waals surface area contributed by atoms with E-state index in [-0.39, 0.29) is 5.97 Å². The molecule has 1 aliphatic rings. The number of carbonyl (C=O) groups excluding carboxylic acids is 1. The molecule has 1 saturated carbocycles. The Morgan fingerprint density at radius 1 is 1.42 bits per heavy atom. The van der Waals surface area contributed by atoms with E-state index in [4.69, 9.17) is 9.15 Å². The number of carbonyl (C=O) groups is 1. The lowest BCUT2D eigenvalue weighted by Gasteiger charge is -2.08. The molecule has 0 amide bonds. The third-order valence-corrected chi connectivity index (χ3v) is 3.16. The minimum atomic E-state index is -0.289. The van der Waals surface area contributed by atoms with Crippen molar-refractivity contribution in [2.75, 3.05) is 6.61 Å². The number of pyridine rings is 1. The summed E-state index contributed by atoms with van der Waals surface area (Å²) in [4.78, 5) is 16.5. The maximum atomic E-state index is 11.9. The summed E-state index contributed by atoms with van der Waals surface area (Å²) in [7, 11) is 0. The van der Waals surface area contributed by atoms with Crippen LogP contribution in [0.25, 0.3) is 11.5 Å². The van der Waals surface area contributed by atoms with Gasteiger partial charge in [-0.3, -0.25) is 0 Å². The number of hydrogen-bond acceptors (Lipinski definition) is 4. The normalized spacial score (nSPS) is 14.4. The average Bonchev–Trinajstić information content (AvgIpc) is 3.13. The Morgan fingerprint density at radius 3 is 2.89 bits per heavy atom. The SMILES string of the molecule is CCOC(=O)c1ccc(-c2ccco2)nc1C1CC1. The van der Waals surface area contributed by atoms with Crippen LogP contribution < -0.4 is 0 Å². The van der Waals surface area contributed by atoms with Gasteiger partial charge in [0, 0.05) is 5.92 Å². The lowest BCUT2D eigenvalue weighted by molar-refractivity contribution is 0.0524. The van der Waals surface area contributed by atoms with E-state index in [1.807, 2.05) is 12.1 Å². The Hall–Kier alpha value is -2.10. The monoisotopic (exact) mass is 257 g/mol. The second-order valence-corrected chi connectivity index (χ2v) is 4.60. The molecule has 0 saturated heterocycles. The molecule has 0 spiro atoms. The van der Waals surface area contributed by atoms with E-state index < -0.39 is 0 Å². The first-order chi connectivity index (χ1) is 9.29.